The second-order valence-electron chi connectivity index (χ2n) is 4.09. The van der Waals surface area contributed by atoms with Crippen molar-refractivity contribution in [2.75, 3.05) is 19.9 Å². The van der Waals surface area contributed by atoms with Crippen LogP contribution >= 0.6 is 0 Å². The predicted molar refractivity (Wildman–Crippen MR) is 77.3 cm³/mol. The fourth-order valence-corrected chi connectivity index (χ4v) is 1.78. The minimum absolute atomic E-state index is 0.232. The average molecular weight is 272 g/mol. The number of carbonyl (C=O) groups is 1. The number of benzene rings is 2. The van der Waals surface area contributed by atoms with Gasteiger partial charge < -0.3 is 20.5 Å². The van der Waals surface area contributed by atoms with E-state index in [0.29, 0.717) is 28.5 Å². The normalized spacial score (nSPS) is 9.90. The van der Waals surface area contributed by atoms with Crippen LogP contribution in [0.3, 0.4) is 0 Å². The standard InChI is InChI=1S/C15H16N2O3/c1-17-15(18)12-4-3-5-13(14(12)19-2)20-11-8-6-10(16)7-9-11/h3-9H,16H2,1-2H3,(H,17,18). The van der Waals surface area contributed by atoms with Crippen molar-refractivity contribution in [3.05, 3.63) is 48.0 Å². The Morgan fingerprint density at radius 2 is 1.85 bits per heavy atom. The van der Waals surface area contributed by atoms with Gasteiger partial charge in [-0.15, -0.1) is 0 Å². The highest BCUT2D eigenvalue weighted by Crippen LogP contribution is 2.34. The van der Waals surface area contributed by atoms with Crippen molar-refractivity contribution in [1.29, 1.82) is 0 Å². The largest absolute Gasteiger partial charge is 0.492 e. The maximum absolute atomic E-state index is 11.8. The summed E-state index contributed by atoms with van der Waals surface area (Å²) in [5.41, 5.74) is 6.70. The van der Waals surface area contributed by atoms with Crippen molar-refractivity contribution >= 4 is 11.6 Å². The van der Waals surface area contributed by atoms with Crippen LogP contribution in [-0.4, -0.2) is 20.1 Å². The molecule has 0 spiro atoms. The van der Waals surface area contributed by atoms with Crippen LogP contribution < -0.4 is 20.5 Å². The molecule has 5 nitrogen and oxygen atoms in total. The Bertz CT molecular complexity index is 609. The van der Waals surface area contributed by atoms with E-state index in [2.05, 4.69) is 5.32 Å². The molecule has 0 unspecified atom stereocenters. The summed E-state index contributed by atoms with van der Waals surface area (Å²) in [6.45, 7) is 0. The number of methoxy groups -OCH3 is 1. The lowest BCUT2D eigenvalue weighted by Gasteiger charge is -2.13. The monoisotopic (exact) mass is 272 g/mol. The maximum atomic E-state index is 11.8. The number of nitrogen functional groups attached to an aromatic ring is 1. The summed E-state index contributed by atoms with van der Waals surface area (Å²) in [6.07, 6.45) is 0. The van der Waals surface area contributed by atoms with E-state index in [4.69, 9.17) is 15.2 Å². The van der Waals surface area contributed by atoms with E-state index in [1.807, 2.05) is 0 Å². The summed E-state index contributed by atoms with van der Waals surface area (Å²) in [4.78, 5) is 11.8. The van der Waals surface area contributed by atoms with Crippen molar-refractivity contribution in [2.24, 2.45) is 0 Å². The lowest BCUT2D eigenvalue weighted by Crippen LogP contribution is -2.18. The molecule has 5 heteroatoms. The van der Waals surface area contributed by atoms with Gasteiger partial charge in [0.05, 0.1) is 12.7 Å². The zero-order valence-corrected chi connectivity index (χ0v) is 11.3. The van der Waals surface area contributed by atoms with Gasteiger partial charge in [0.15, 0.2) is 11.5 Å². The molecule has 0 atom stereocenters. The van der Waals surface area contributed by atoms with E-state index in [-0.39, 0.29) is 5.91 Å². The highest BCUT2D eigenvalue weighted by molar-refractivity contribution is 5.97. The summed E-state index contributed by atoms with van der Waals surface area (Å²) in [7, 11) is 3.06. The first-order valence-corrected chi connectivity index (χ1v) is 6.08. The van der Waals surface area contributed by atoms with Crippen LogP contribution in [0, 0.1) is 0 Å². The van der Waals surface area contributed by atoms with Crippen molar-refractivity contribution in [2.45, 2.75) is 0 Å². The average Bonchev–Trinajstić information content (AvgIpc) is 2.48. The zero-order valence-electron chi connectivity index (χ0n) is 11.3. The molecular weight excluding hydrogens is 256 g/mol. The number of hydrogen-bond donors (Lipinski definition) is 2. The third-order valence-electron chi connectivity index (χ3n) is 2.76. The number of para-hydroxylation sites is 1. The molecule has 0 aliphatic heterocycles. The molecule has 0 bridgehead atoms. The summed E-state index contributed by atoms with van der Waals surface area (Å²) < 4.78 is 11.0. The molecule has 2 aromatic carbocycles. The van der Waals surface area contributed by atoms with E-state index in [0.717, 1.165) is 0 Å². The van der Waals surface area contributed by atoms with Crippen LogP contribution in [0.1, 0.15) is 10.4 Å². The number of amides is 1. The van der Waals surface area contributed by atoms with Crippen LogP contribution in [0.15, 0.2) is 42.5 Å². The first-order chi connectivity index (χ1) is 9.65. The fourth-order valence-electron chi connectivity index (χ4n) is 1.78. The first-order valence-electron chi connectivity index (χ1n) is 6.08. The summed E-state index contributed by atoms with van der Waals surface area (Å²) >= 11 is 0. The third kappa shape index (κ3) is 2.83. The Balaban J connectivity index is 2.36. The van der Waals surface area contributed by atoms with Gasteiger partial charge in [-0.1, -0.05) is 6.07 Å². The Hall–Kier alpha value is -2.69. The summed E-state index contributed by atoms with van der Waals surface area (Å²) in [5.74, 6) is 1.25. The number of nitrogens with two attached hydrogens (primary N) is 1. The van der Waals surface area contributed by atoms with Crippen molar-refractivity contribution in [3.63, 3.8) is 0 Å². The van der Waals surface area contributed by atoms with Crippen LogP contribution in [0.2, 0.25) is 0 Å². The van der Waals surface area contributed by atoms with Gasteiger partial charge in [-0.25, -0.2) is 0 Å². The highest BCUT2D eigenvalue weighted by Gasteiger charge is 2.16. The van der Waals surface area contributed by atoms with E-state index in [1.54, 1.807) is 49.5 Å². The summed E-state index contributed by atoms with van der Waals surface area (Å²) in [5, 5.41) is 2.56. The number of ether oxygens (including phenoxy) is 2. The van der Waals surface area contributed by atoms with Gasteiger partial charge in [0.25, 0.3) is 5.91 Å². The minimum Gasteiger partial charge on any atom is -0.492 e. The Morgan fingerprint density at radius 1 is 1.15 bits per heavy atom. The lowest BCUT2D eigenvalue weighted by molar-refractivity contribution is 0.0959. The predicted octanol–water partition coefficient (Wildman–Crippen LogP) is 2.43. The van der Waals surface area contributed by atoms with Gasteiger partial charge in [-0.05, 0) is 36.4 Å². The molecule has 0 fully saturated rings. The topological polar surface area (TPSA) is 73.6 Å². The molecule has 0 aliphatic rings. The molecule has 2 rings (SSSR count). The smallest absolute Gasteiger partial charge is 0.254 e. The van der Waals surface area contributed by atoms with Gasteiger partial charge >= 0.3 is 0 Å². The summed E-state index contributed by atoms with van der Waals surface area (Å²) in [6, 6.07) is 12.1. The molecule has 0 saturated heterocycles. The number of carbonyl (C=O) groups excluding carboxylic acids is 1. The van der Waals surface area contributed by atoms with Crippen LogP contribution in [0.25, 0.3) is 0 Å². The minimum atomic E-state index is -0.232. The molecule has 0 radical (unpaired) electrons. The molecule has 104 valence electrons. The molecule has 0 aromatic heterocycles. The molecule has 20 heavy (non-hydrogen) atoms. The number of rotatable bonds is 4. The number of nitrogens with one attached hydrogen (secondary N) is 1. The van der Waals surface area contributed by atoms with Crippen molar-refractivity contribution < 1.29 is 14.3 Å². The molecule has 0 heterocycles. The molecule has 3 N–H and O–H groups in total. The van der Waals surface area contributed by atoms with Crippen LogP contribution in [0.5, 0.6) is 17.2 Å². The Labute approximate surface area is 117 Å². The highest BCUT2D eigenvalue weighted by atomic mass is 16.5. The van der Waals surface area contributed by atoms with Crippen LogP contribution in [-0.2, 0) is 0 Å². The Kier molecular flexibility index (Phi) is 4.10. The maximum Gasteiger partial charge on any atom is 0.254 e. The second kappa shape index (κ2) is 5.97. The van der Waals surface area contributed by atoms with E-state index in [9.17, 15) is 4.79 Å². The SMILES string of the molecule is CNC(=O)c1cccc(Oc2ccc(N)cc2)c1OC. The molecule has 1 amide bonds. The van der Waals surface area contributed by atoms with Gasteiger partial charge in [0, 0.05) is 12.7 Å². The van der Waals surface area contributed by atoms with Gasteiger partial charge in [0.2, 0.25) is 0 Å². The van der Waals surface area contributed by atoms with Crippen molar-refractivity contribution in [3.8, 4) is 17.2 Å². The van der Waals surface area contributed by atoms with Crippen LogP contribution in [0.4, 0.5) is 5.69 Å². The number of hydrogen-bond acceptors (Lipinski definition) is 4. The molecule has 2 aromatic rings. The first kappa shape index (κ1) is 13.7. The molecule has 0 aliphatic carbocycles. The van der Waals surface area contributed by atoms with E-state index < -0.39 is 0 Å². The van der Waals surface area contributed by atoms with Gasteiger partial charge in [0.1, 0.15) is 5.75 Å². The third-order valence-corrected chi connectivity index (χ3v) is 2.76. The molecule has 0 saturated carbocycles. The fraction of sp³-hybridized carbons (Fsp3) is 0.133. The zero-order chi connectivity index (χ0) is 14.5. The Morgan fingerprint density at radius 3 is 2.45 bits per heavy atom. The van der Waals surface area contributed by atoms with E-state index in [1.165, 1.54) is 7.11 Å². The van der Waals surface area contributed by atoms with E-state index >= 15 is 0 Å². The molecular formula is C15H16N2O3. The van der Waals surface area contributed by atoms with Gasteiger partial charge in [-0.2, -0.15) is 0 Å². The van der Waals surface area contributed by atoms with Crippen molar-refractivity contribution in [1.82, 2.24) is 5.32 Å². The quantitative estimate of drug-likeness (QED) is 0.838. The number of anilines is 1. The van der Waals surface area contributed by atoms with Gasteiger partial charge in [-0.3, -0.25) is 4.79 Å². The second-order valence-corrected chi connectivity index (χ2v) is 4.09. The lowest BCUT2D eigenvalue weighted by atomic mass is 10.1.